The minimum Gasteiger partial charge on any atom is -0.508 e. The van der Waals surface area contributed by atoms with Gasteiger partial charge < -0.3 is 10.4 Å². The lowest BCUT2D eigenvalue weighted by Crippen LogP contribution is -2.24. The Morgan fingerprint density at radius 3 is 2.71 bits per heavy atom. The van der Waals surface area contributed by atoms with Gasteiger partial charge in [-0.15, -0.1) is 11.3 Å². The van der Waals surface area contributed by atoms with Crippen molar-refractivity contribution >= 4 is 27.3 Å². The third-order valence-electron chi connectivity index (χ3n) is 3.97. The zero-order valence-corrected chi connectivity index (χ0v) is 14.1. The van der Waals surface area contributed by atoms with E-state index in [0.29, 0.717) is 11.4 Å². The van der Waals surface area contributed by atoms with Crippen LogP contribution in [-0.4, -0.2) is 17.6 Å². The molecule has 0 unspecified atom stereocenters. The van der Waals surface area contributed by atoms with Gasteiger partial charge in [-0.1, -0.05) is 12.1 Å². The summed E-state index contributed by atoms with van der Waals surface area (Å²) >= 11 is 1.39. The van der Waals surface area contributed by atoms with E-state index in [2.05, 4.69) is 5.32 Å². The second-order valence-corrected chi connectivity index (χ2v) is 6.77. The molecular formula is C19H18FNO2S. The predicted octanol–water partition coefficient (Wildman–Crippen LogP) is 4.42. The quantitative estimate of drug-likeness (QED) is 0.674. The number of phenols is 1. The van der Waals surface area contributed by atoms with E-state index >= 15 is 0 Å². The van der Waals surface area contributed by atoms with Crippen molar-refractivity contribution in [1.29, 1.82) is 0 Å². The number of fused-ring (bicyclic) bond motifs is 1. The highest BCUT2D eigenvalue weighted by Crippen LogP contribution is 2.31. The number of hydrogen-bond donors (Lipinski definition) is 2. The molecule has 2 N–H and O–H groups in total. The number of benzene rings is 2. The molecule has 1 heterocycles. The van der Waals surface area contributed by atoms with E-state index in [-0.39, 0.29) is 17.5 Å². The van der Waals surface area contributed by atoms with Crippen LogP contribution in [-0.2, 0) is 6.42 Å². The number of thiophene rings is 1. The van der Waals surface area contributed by atoms with Crippen molar-refractivity contribution in [3.8, 4) is 5.75 Å². The first-order valence-electron chi connectivity index (χ1n) is 7.79. The summed E-state index contributed by atoms with van der Waals surface area (Å²) in [6, 6.07) is 11.7. The molecule has 0 fully saturated rings. The van der Waals surface area contributed by atoms with Gasteiger partial charge in [-0.25, -0.2) is 4.39 Å². The number of hydrogen-bond acceptors (Lipinski definition) is 3. The molecule has 0 aliphatic carbocycles. The van der Waals surface area contributed by atoms with Crippen molar-refractivity contribution in [2.75, 3.05) is 6.54 Å². The second-order valence-electron chi connectivity index (χ2n) is 5.72. The molecule has 3 aromatic rings. The molecule has 3 nitrogen and oxygen atoms in total. The number of aryl methyl sites for hydroxylation is 2. The number of amides is 1. The van der Waals surface area contributed by atoms with Crippen molar-refractivity contribution in [2.45, 2.75) is 19.8 Å². The molecule has 0 aliphatic heterocycles. The van der Waals surface area contributed by atoms with Gasteiger partial charge in [-0.3, -0.25) is 4.79 Å². The molecule has 0 bridgehead atoms. The summed E-state index contributed by atoms with van der Waals surface area (Å²) in [5.74, 6) is -0.146. The van der Waals surface area contributed by atoms with Crippen LogP contribution in [0, 0.1) is 12.7 Å². The van der Waals surface area contributed by atoms with Crippen molar-refractivity contribution in [1.82, 2.24) is 5.32 Å². The van der Waals surface area contributed by atoms with Gasteiger partial charge >= 0.3 is 0 Å². The van der Waals surface area contributed by atoms with Crippen LogP contribution in [0.25, 0.3) is 10.1 Å². The summed E-state index contributed by atoms with van der Waals surface area (Å²) in [6.45, 7) is 2.42. The Morgan fingerprint density at radius 1 is 1.21 bits per heavy atom. The van der Waals surface area contributed by atoms with Crippen LogP contribution < -0.4 is 5.32 Å². The summed E-state index contributed by atoms with van der Waals surface area (Å²) in [7, 11) is 0. The first-order chi connectivity index (χ1) is 11.5. The first-order valence-corrected chi connectivity index (χ1v) is 8.61. The van der Waals surface area contributed by atoms with E-state index in [0.717, 1.165) is 34.1 Å². The van der Waals surface area contributed by atoms with Gasteiger partial charge in [-0.05, 0) is 66.6 Å². The van der Waals surface area contributed by atoms with E-state index in [1.165, 1.54) is 23.5 Å². The first kappa shape index (κ1) is 16.5. The summed E-state index contributed by atoms with van der Waals surface area (Å²) in [5, 5.41) is 13.0. The summed E-state index contributed by atoms with van der Waals surface area (Å²) in [6.07, 6.45) is 1.65. The zero-order valence-electron chi connectivity index (χ0n) is 13.3. The van der Waals surface area contributed by atoms with Crippen LogP contribution in [0.15, 0.2) is 42.5 Å². The van der Waals surface area contributed by atoms with E-state index < -0.39 is 0 Å². The maximum Gasteiger partial charge on any atom is 0.261 e. The van der Waals surface area contributed by atoms with Crippen LogP contribution in [0.3, 0.4) is 0 Å². The van der Waals surface area contributed by atoms with E-state index in [1.807, 2.05) is 19.1 Å². The van der Waals surface area contributed by atoms with Gasteiger partial charge in [0.05, 0.1) is 4.88 Å². The summed E-state index contributed by atoms with van der Waals surface area (Å²) < 4.78 is 14.3. The summed E-state index contributed by atoms with van der Waals surface area (Å²) in [5.41, 5.74) is 1.95. The Morgan fingerprint density at radius 2 is 1.96 bits per heavy atom. The molecule has 1 amide bonds. The van der Waals surface area contributed by atoms with Gasteiger partial charge in [0, 0.05) is 11.2 Å². The number of nitrogens with one attached hydrogen (secondary N) is 1. The van der Waals surface area contributed by atoms with Gasteiger partial charge in [0.2, 0.25) is 0 Å². The Labute approximate surface area is 143 Å². The highest BCUT2D eigenvalue weighted by atomic mass is 32.1. The number of rotatable bonds is 5. The summed E-state index contributed by atoms with van der Waals surface area (Å²) in [4.78, 5) is 13.0. The SMILES string of the molecule is Cc1c(C(=O)NCCCc2ccc(O)cc2)sc2ccc(F)cc12. The fourth-order valence-corrected chi connectivity index (χ4v) is 3.75. The van der Waals surface area contributed by atoms with Crippen molar-refractivity contribution < 1.29 is 14.3 Å². The molecule has 0 radical (unpaired) electrons. The van der Waals surface area contributed by atoms with Crippen LogP contribution in [0.5, 0.6) is 5.75 Å². The molecule has 0 spiro atoms. The largest absolute Gasteiger partial charge is 0.508 e. The van der Waals surface area contributed by atoms with Crippen molar-refractivity contribution in [3.63, 3.8) is 0 Å². The van der Waals surface area contributed by atoms with Crippen LogP contribution in [0.4, 0.5) is 4.39 Å². The number of aromatic hydroxyl groups is 1. The number of carbonyl (C=O) groups is 1. The Kier molecular flexibility index (Phi) is 4.81. The zero-order chi connectivity index (χ0) is 17.1. The van der Waals surface area contributed by atoms with Gasteiger partial charge in [-0.2, -0.15) is 0 Å². The van der Waals surface area contributed by atoms with Gasteiger partial charge in [0.1, 0.15) is 11.6 Å². The molecule has 24 heavy (non-hydrogen) atoms. The molecule has 1 aromatic heterocycles. The molecule has 2 aromatic carbocycles. The van der Waals surface area contributed by atoms with Crippen molar-refractivity contribution in [2.24, 2.45) is 0 Å². The molecule has 124 valence electrons. The molecule has 0 saturated carbocycles. The standard InChI is InChI=1S/C19H18FNO2S/c1-12-16-11-14(20)6-9-17(16)24-18(12)19(23)21-10-2-3-13-4-7-15(22)8-5-13/h4-9,11,22H,2-3,10H2,1H3,(H,21,23). The van der Waals surface area contributed by atoms with Crippen LogP contribution in [0.1, 0.15) is 27.2 Å². The highest BCUT2D eigenvalue weighted by molar-refractivity contribution is 7.21. The predicted molar refractivity (Wildman–Crippen MR) is 95.3 cm³/mol. The molecule has 3 rings (SSSR count). The monoisotopic (exact) mass is 343 g/mol. The number of halogens is 1. The Bertz CT molecular complexity index is 871. The lowest BCUT2D eigenvalue weighted by atomic mass is 10.1. The third-order valence-corrected chi connectivity index (χ3v) is 5.24. The minimum atomic E-state index is -0.288. The maximum absolute atomic E-state index is 13.4. The Hall–Kier alpha value is -2.40. The fourth-order valence-electron chi connectivity index (χ4n) is 2.65. The van der Waals surface area contributed by atoms with E-state index in [9.17, 15) is 14.3 Å². The van der Waals surface area contributed by atoms with Crippen LogP contribution in [0.2, 0.25) is 0 Å². The molecular weight excluding hydrogens is 325 g/mol. The highest BCUT2D eigenvalue weighted by Gasteiger charge is 2.15. The normalized spacial score (nSPS) is 10.9. The average molecular weight is 343 g/mol. The Balaban J connectivity index is 1.59. The third kappa shape index (κ3) is 3.57. The number of phenolic OH excluding ortho intramolecular Hbond substituents is 1. The molecule has 0 aliphatic rings. The van der Waals surface area contributed by atoms with Crippen LogP contribution >= 0.6 is 11.3 Å². The number of carbonyl (C=O) groups excluding carboxylic acids is 1. The van der Waals surface area contributed by atoms with Crippen molar-refractivity contribution in [3.05, 3.63) is 64.3 Å². The van der Waals surface area contributed by atoms with Gasteiger partial charge in [0.25, 0.3) is 5.91 Å². The average Bonchev–Trinajstić information content (AvgIpc) is 2.90. The lowest BCUT2D eigenvalue weighted by molar-refractivity contribution is 0.0957. The second kappa shape index (κ2) is 7.01. The van der Waals surface area contributed by atoms with E-state index in [1.54, 1.807) is 18.2 Å². The van der Waals surface area contributed by atoms with E-state index in [4.69, 9.17) is 0 Å². The smallest absolute Gasteiger partial charge is 0.261 e. The lowest BCUT2D eigenvalue weighted by Gasteiger charge is -2.05. The topological polar surface area (TPSA) is 49.3 Å². The molecule has 5 heteroatoms. The maximum atomic E-state index is 13.4. The molecule has 0 atom stereocenters. The van der Waals surface area contributed by atoms with Gasteiger partial charge in [0.15, 0.2) is 0 Å². The minimum absolute atomic E-state index is 0.111. The fraction of sp³-hybridized carbons (Fsp3) is 0.211. The molecule has 0 saturated heterocycles.